The van der Waals surface area contributed by atoms with Crippen LogP contribution in [0.2, 0.25) is 0 Å². The van der Waals surface area contributed by atoms with Crippen molar-refractivity contribution in [2.75, 3.05) is 40.9 Å². The molecule has 198 valence electrons. The maximum absolute atomic E-state index is 12.2. The van der Waals surface area contributed by atoms with E-state index in [0.717, 1.165) is 44.9 Å². The van der Waals surface area contributed by atoms with E-state index in [2.05, 4.69) is 36.5 Å². The van der Waals surface area contributed by atoms with Crippen LogP contribution in [-0.4, -0.2) is 73.4 Å². The third-order valence-electron chi connectivity index (χ3n) is 4.85. The zero-order chi connectivity index (χ0) is 25.9. The Morgan fingerprint density at radius 2 is 1.59 bits per heavy atom. The van der Waals surface area contributed by atoms with E-state index in [-0.39, 0.29) is 19.1 Å². The van der Waals surface area contributed by atoms with Crippen LogP contribution >= 0.6 is 7.82 Å². The molecule has 0 spiro atoms. The van der Waals surface area contributed by atoms with Gasteiger partial charge in [0.1, 0.15) is 13.2 Å². The fourth-order valence-electron chi connectivity index (χ4n) is 2.76. The van der Waals surface area contributed by atoms with Crippen LogP contribution in [0, 0.1) is 0 Å². The number of quaternary nitrogens is 1. The molecule has 0 fully saturated rings. The molecule has 0 aliphatic heterocycles. The number of phosphoric acid groups is 1. The summed E-state index contributed by atoms with van der Waals surface area (Å²) in [6, 6.07) is -0.857. The highest BCUT2D eigenvalue weighted by atomic mass is 31.2. The number of aliphatic hydroxyl groups is 1. The number of nitrogens with zero attached hydrogens (tertiary/aromatic N) is 1. The smallest absolute Gasteiger partial charge is 0.387 e. The molecule has 0 aliphatic carbocycles. The SMILES string of the molecule is CC/C=C/CC/C=C/CC/C=C/C(O)C(COP(=O)(O)OCC[N+](C)(C)C)NC(=O)CCCC. The second-order valence-corrected chi connectivity index (χ2v) is 10.8. The summed E-state index contributed by atoms with van der Waals surface area (Å²) < 4.78 is 22.9. The Labute approximate surface area is 206 Å². The predicted octanol–water partition coefficient (Wildman–Crippen LogP) is 4.50. The minimum atomic E-state index is -4.30. The number of amides is 1. The Morgan fingerprint density at radius 3 is 2.15 bits per heavy atom. The van der Waals surface area contributed by atoms with Crippen LogP contribution in [-0.2, 0) is 18.4 Å². The summed E-state index contributed by atoms with van der Waals surface area (Å²) in [5, 5.41) is 13.3. The Morgan fingerprint density at radius 1 is 1.00 bits per heavy atom. The molecule has 9 heteroatoms. The van der Waals surface area contributed by atoms with Crippen molar-refractivity contribution in [3.8, 4) is 0 Å². The second-order valence-electron chi connectivity index (χ2n) is 9.31. The maximum atomic E-state index is 12.2. The number of unbranched alkanes of at least 4 members (excludes halogenated alkanes) is 3. The molecule has 0 heterocycles. The zero-order valence-corrected chi connectivity index (χ0v) is 22.7. The van der Waals surface area contributed by atoms with Crippen molar-refractivity contribution < 1.29 is 32.9 Å². The summed E-state index contributed by atoms with van der Waals surface area (Å²) in [6.45, 7) is 4.34. The van der Waals surface area contributed by atoms with Crippen LogP contribution in [0.1, 0.15) is 65.2 Å². The first kappa shape index (κ1) is 32.7. The third-order valence-corrected chi connectivity index (χ3v) is 5.84. The second kappa shape index (κ2) is 19.0. The summed E-state index contributed by atoms with van der Waals surface area (Å²) in [4.78, 5) is 22.1. The fourth-order valence-corrected chi connectivity index (χ4v) is 3.49. The van der Waals surface area contributed by atoms with E-state index in [1.165, 1.54) is 0 Å². The molecule has 0 rings (SSSR count). The quantitative estimate of drug-likeness (QED) is 0.0978. The summed E-state index contributed by atoms with van der Waals surface area (Å²) >= 11 is 0. The van der Waals surface area contributed by atoms with Crippen LogP contribution in [0.25, 0.3) is 0 Å². The number of rotatable bonds is 20. The van der Waals surface area contributed by atoms with Gasteiger partial charge in [-0.05, 0) is 38.5 Å². The number of likely N-dealkylation sites (N-methyl/N-ethyl adjacent to an activating group) is 1. The monoisotopic (exact) mass is 503 g/mol. The molecular weight excluding hydrogens is 455 g/mol. The van der Waals surface area contributed by atoms with Gasteiger partial charge in [-0.15, -0.1) is 0 Å². The Kier molecular flexibility index (Phi) is 18.3. The minimum absolute atomic E-state index is 0.0513. The molecule has 0 saturated heterocycles. The molecule has 0 aromatic heterocycles. The highest BCUT2D eigenvalue weighted by Gasteiger charge is 2.27. The van der Waals surface area contributed by atoms with E-state index in [4.69, 9.17) is 9.05 Å². The maximum Gasteiger partial charge on any atom is 0.472 e. The van der Waals surface area contributed by atoms with Crippen molar-refractivity contribution in [3.63, 3.8) is 0 Å². The average molecular weight is 504 g/mol. The lowest BCUT2D eigenvalue weighted by atomic mass is 10.1. The Hall–Kier alpha value is -1.28. The van der Waals surface area contributed by atoms with Gasteiger partial charge in [-0.1, -0.05) is 56.7 Å². The number of allylic oxidation sites excluding steroid dienone is 5. The predicted molar refractivity (Wildman–Crippen MR) is 138 cm³/mol. The van der Waals surface area contributed by atoms with Gasteiger partial charge in [0.2, 0.25) is 5.91 Å². The Balaban J connectivity index is 4.73. The van der Waals surface area contributed by atoms with Crippen LogP contribution in [0.4, 0.5) is 0 Å². The first-order chi connectivity index (χ1) is 16.0. The van der Waals surface area contributed by atoms with Crippen molar-refractivity contribution in [3.05, 3.63) is 36.5 Å². The normalized spacial score (nSPS) is 16.3. The molecule has 3 N–H and O–H groups in total. The third kappa shape index (κ3) is 20.1. The summed E-state index contributed by atoms with van der Waals surface area (Å²) in [5.41, 5.74) is 0. The number of carbonyl (C=O) groups is 1. The van der Waals surface area contributed by atoms with E-state index < -0.39 is 20.0 Å². The molecule has 0 bridgehead atoms. The van der Waals surface area contributed by atoms with Gasteiger partial charge in [-0.25, -0.2) is 4.57 Å². The summed E-state index contributed by atoms with van der Waals surface area (Å²) in [6.07, 6.45) is 17.5. The van der Waals surface area contributed by atoms with Crippen molar-refractivity contribution in [1.29, 1.82) is 0 Å². The number of hydrogen-bond acceptors (Lipinski definition) is 5. The fraction of sp³-hybridized carbons (Fsp3) is 0.720. The van der Waals surface area contributed by atoms with Gasteiger partial charge in [-0.3, -0.25) is 13.8 Å². The summed E-state index contributed by atoms with van der Waals surface area (Å²) in [5.74, 6) is -0.235. The molecule has 0 saturated carbocycles. The van der Waals surface area contributed by atoms with Crippen molar-refractivity contribution in [2.45, 2.75) is 77.4 Å². The lowest BCUT2D eigenvalue weighted by Crippen LogP contribution is -2.45. The number of hydrogen-bond donors (Lipinski definition) is 3. The number of phosphoric ester groups is 1. The highest BCUT2D eigenvalue weighted by molar-refractivity contribution is 7.47. The molecule has 0 aliphatic rings. The first-order valence-corrected chi connectivity index (χ1v) is 13.9. The molecule has 1 amide bonds. The van der Waals surface area contributed by atoms with Crippen LogP contribution in [0.15, 0.2) is 36.5 Å². The molecule has 0 radical (unpaired) electrons. The highest BCUT2D eigenvalue weighted by Crippen LogP contribution is 2.43. The number of carbonyl (C=O) groups excluding carboxylic acids is 1. The van der Waals surface area contributed by atoms with Crippen LogP contribution in [0.5, 0.6) is 0 Å². The van der Waals surface area contributed by atoms with E-state index in [1.807, 2.05) is 34.1 Å². The lowest BCUT2D eigenvalue weighted by molar-refractivity contribution is -0.870. The minimum Gasteiger partial charge on any atom is -0.387 e. The van der Waals surface area contributed by atoms with Gasteiger partial charge >= 0.3 is 7.82 Å². The van der Waals surface area contributed by atoms with Crippen LogP contribution in [0.3, 0.4) is 0 Å². The van der Waals surface area contributed by atoms with Gasteiger partial charge in [-0.2, -0.15) is 0 Å². The van der Waals surface area contributed by atoms with E-state index in [0.29, 0.717) is 17.4 Å². The van der Waals surface area contributed by atoms with Gasteiger partial charge in [0, 0.05) is 6.42 Å². The molecule has 3 unspecified atom stereocenters. The summed E-state index contributed by atoms with van der Waals surface area (Å²) in [7, 11) is 1.52. The van der Waals surface area contributed by atoms with Crippen molar-refractivity contribution in [1.82, 2.24) is 5.32 Å². The van der Waals surface area contributed by atoms with E-state index >= 15 is 0 Å². The van der Waals surface area contributed by atoms with Gasteiger partial charge in [0.05, 0.1) is 39.9 Å². The largest absolute Gasteiger partial charge is 0.472 e. The van der Waals surface area contributed by atoms with Gasteiger partial charge in [0.25, 0.3) is 0 Å². The molecule has 0 aromatic carbocycles. The lowest BCUT2D eigenvalue weighted by Gasteiger charge is -2.25. The molecular formula is C25H48N2O6P+. The van der Waals surface area contributed by atoms with E-state index in [1.54, 1.807) is 6.08 Å². The average Bonchev–Trinajstić information content (AvgIpc) is 2.75. The van der Waals surface area contributed by atoms with Crippen LogP contribution < -0.4 is 5.32 Å². The Bertz CT molecular complexity index is 673. The molecule has 8 nitrogen and oxygen atoms in total. The van der Waals surface area contributed by atoms with Gasteiger partial charge < -0.3 is 19.8 Å². The molecule has 3 atom stereocenters. The number of nitrogens with one attached hydrogen (secondary N) is 1. The zero-order valence-electron chi connectivity index (χ0n) is 21.8. The number of aliphatic hydroxyl groups excluding tert-OH is 1. The van der Waals surface area contributed by atoms with Gasteiger partial charge in [0.15, 0.2) is 0 Å². The first-order valence-electron chi connectivity index (χ1n) is 12.4. The topological polar surface area (TPSA) is 105 Å². The van der Waals surface area contributed by atoms with Crippen molar-refractivity contribution >= 4 is 13.7 Å². The standard InChI is InChI=1S/C25H47N2O6P/c1-6-8-10-11-12-13-14-15-16-17-18-24(28)23(26-25(29)19-9-7-2)22-33-34(30,31)32-21-20-27(3,4)5/h8,10,13-14,17-18,23-24,28H,6-7,9,11-12,15-16,19-22H2,1-5H3,(H-,26,29,30,31)/p+1/b10-8+,14-13+,18-17+. The molecule has 0 aromatic rings. The van der Waals surface area contributed by atoms with Crippen molar-refractivity contribution in [2.24, 2.45) is 0 Å². The molecule has 34 heavy (non-hydrogen) atoms. The van der Waals surface area contributed by atoms with E-state index in [9.17, 15) is 19.4 Å².